The molecule has 0 saturated heterocycles. The Morgan fingerprint density at radius 3 is 2.07 bits per heavy atom. The molecule has 4 heteroatoms. The lowest BCUT2D eigenvalue weighted by molar-refractivity contribution is 0.414. The van der Waals surface area contributed by atoms with Gasteiger partial charge in [-0.15, -0.1) is 24.8 Å². The number of methoxy groups -OCH3 is 1. The van der Waals surface area contributed by atoms with Crippen molar-refractivity contribution < 1.29 is 4.74 Å². The molecule has 0 aliphatic carbocycles. The molecule has 0 aromatic heterocycles. The van der Waals surface area contributed by atoms with Crippen LogP contribution in [0.15, 0.2) is 24.3 Å². The first-order chi connectivity index (χ1) is 5.77. The molecule has 1 aromatic rings. The lowest BCUT2D eigenvalue weighted by atomic mass is 10.0. The van der Waals surface area contributed by atoms with E-state index in [9.17, 15) is 0 Å². The monoisotopic (exact) mass is 237 g/mol. The Morgan fingerprint density at radius 2 is 1.71 bits per heavy atom. The van der Waals surface area contributed by atoms with E-state index in [1.165, 1.54) is 5.56 Å². The molecule has 0 bridgehead atoms. The zero-order valence-corrected chi connectivity index (χ0v) is 10.0. The predicted octanol–water partition coefficient (Wildman–Crippen LogP) is 2.60. The quantitative estimate of drug-likeness (QED) is 0.878. The van der Waals surface area contributed by atoms with Crippen LogP contribution in [0.4, 0.5) is 0 Å². The van der Waals surface area contributed by atoms with Crippen molar-refractivity contribution in [2.45, 2.75) is 12.8 Å². The van der Waals surface area contributed by atoms with Crippen molar-refractivity contribution in [2.75, 3.05) is 13.7 Å². The van der Waals surface area contributed by atoms with Gasteiger partial charge in [0.25, 0.3) is 0 Å². The molecule has 1 atom stereocenters. The normalized spacial score (nSPS) is 10.8. The van der Waals surface area contributed by atoms with Crippen LogP contribution >= 0.6 is 24.8 Å². The fourth-order valence-electron chi connectivity index (χ4n) is 1.07. The minimum Gasteiger partial charge on any atom is -0.497 e. The third-order valence-corrected chi connectivity index (χ3v) is 2.04. The molecule has 14 heavy (non-hydrogen) atoms. The fraction of sp³-hybridized carbons (Fsp3) is 0.400. The molecule has 0 aliphatic heterocycles. The van der Waals surface area contributed by atoms with Crippen LogP contribution in [0.25, 0.3) is 0 Å². The van der Waals surface area contributed by atoms with E-state index in [-0.39, 0.29) is 24.8 Å². The van der Waals surface area contributed by atoms with Crippen molar-refractivity contribution >= 4 is 24.8 Å². The summed E-state index contributed by atoms with van der Waals surface area (Å²) in [6, 6.07) is 8.02. The molecule has 1 unspecified atom stereocenters. The number of ether oxygens (including phenoxy) is 1. The Labute approximate surface area is 97.7 Å². The molecule has 82 valence electrons. The molecule has 0 amide bonds. The van der Waals surface area contributed by atoms with Gasteiger partial charge in [-0.05, 0) is 30.2 Å². The minimum atomic E-state index is 0. The summed E-state index contributed by atoms with van der Waals surface area (Å²) in [5.74, 6) is 1.32. The highest BCUT2D eigenvalue weighted by molar-refractivity contribution is 5.85. The standard InChI is InChI=1S/C10H15NO.2ClH/c1-8(7-11)9-3-5-10(12-2)6-4-9;;/h3-6,8H,7,11H2,1-2H3;2*1H. The van der Waals surface area contributed by atoms with Crippen LogP contribution in [0.2, 0.25) is 0 Å². The summed E-state index contributed by atoms with van der Waals surface area (Å²) in [5.41, 5.74) is 6.81. The van der Waals surface area contributed by atoms with Crippen molar-refractivity contribution in [3.63, 3.8) is 0 Å². The zero-order valence-electron chi connectivity index (χ0n) is 8.40. The molecule has 0 radical (unpaired) electrons. The van der Waals surface area contributed by atoms with Gasteiger partial charge in [0.1, 0.15) is 5.75 Å². The van der Waals surface area contributed by atoms with Gasteiger partial charge in [-0.25, -0.2) is 0 Å². The van der Waals surface area contributed by atoms with E-state index in [4.69, 9.17) is 10.5 Å². The lowest BCUT2D eigenvalue weighted by Gasteiger charge is -2.08. The van der Waals surface area contributed by atoms with Crippen LogP contribution < -0.4 is 10.5 Å². The van der Waals surface area contributed by atoms with Gasteiger partial charge >= 0.3 is 0 Å². The maximum absolute atomic E-state index is 5.54. The molecular weight excluding hydrogens is 221 g/mol. The molecule has 0 fully saturated rings. The second-order valence-electron chi connectivity index (χ2n) is 2.91. The highest BCUT2D eigenvalue weighted by Crippen LogP contribution is 2.17. The first-order valence-electron chi connectivity index (χ1n) is 4.12. The Kier molecular flexibility index (Phi) is 9.05. The van der Waals surface area contributed by atoms with E-state index in [0.717, 1.165) is 5.75 Å². The second kappa shape index (κ2) is 7.92. The van der Waals surface area contributed by atoms with Crippen molar-refractivity contribution in [2.24, 2.45) is 5.73 Å². The minimum absolute atomic E-state index is 0. The van der Waals surface area contributed by atoms with E-state index in [1.807, 2.05) is 12.1 Å². The predicted molar refractivity (Wildman–Crippen MR) is 65.0 cm³/mol. The van der Waals surface area contributed by atoms with Crippen LogP contribution in [0.5, 0.6) is 5.75 Å². The molecule has 0 heterocycles. The van der Waals surface area contributed by atoms with Crippen LogP contribution in [0.3, 0.4) is 0 Å². The molecule has 1 aromatic carbocycles. The highest BCUT2D eigenvalue weighted by Gasteiger charge is 2.01. The van der Waals surface area contributed by atoms with Gasteiger partial charge < -0.3 is 10.5 Å². The average Bonchev–Trinajstić information content (AvgIpc) is 2.17. The Balaban J connectivity index is 0. The summed E-state index contributed by atoms with van der Waals surface area (Å²) in [4.78, 5) is 0. The second-order valence-corrected chi connectivity index (χ2v) is 2.91. The Morgan fingerprint density at radius 1 is 1.21 bits per heavy atom. The van der Waals surface area contributed by atoms with Crippen molar-refractivity contribution in [3.05, 3.63) is 29.8 Å². The van der Waals surface area contributed by atoms with Crippen molar-refractivity contribution in [1.82, 2.24) is 0 Å². The van der Waals surface area contributed by atoms with Gasteiger partial charge in [0.15, 0.2) is 0 Å². The van der Waals surface area contributed by atoms with E-state index in [0.29, 0.717) is 12.5 Å². The number of hydrogen-bond donors (Lipinski definition) is 1. The third kappa shape index (κ3) is 4.18. The number of halogens is 2. The molecule has 2 nitrogen and oxygen atoms in total. The van der Waals surface area contributed by atoms with Gasteiger partial charge in [-0.1, -0.05) is 19.1 Å². The summed E-state index contributed by atoms with van der Waals surface area (Å²) in [6.45, 7) is 2.80. The van der Waals surface area contributed by atoms with Gasteiger partial charge in [-0.2, -0.15) is 0 Å². The topological polar surface area (TPSA) is 35.2 Å². The van der Waals surface area contributed by atoms with E-state index in [1.54, 1.807) is 7.11 Å². The first kappa shape index (κ1) is 16.0. The molecule has 0 aliphatic rings. The highest BCUT2D eigenvalue weighted by atomic mass is 35.5. The van der Waals surface area contributed by atoms with Crippen molar-refractivity contribution in [1.29, 1.82) is 0 Å². The van der Waals surface area contributed by atoms with Gasteiger partial charge in [0, 0.05) is 0 Å². The van der Waals surface area contributed by atoms with E-state index < -0.39 is 0 Å². The Bertz CT molecular complexity index is 238. The average molecular weight is 238 g/mol. The van der Waals surface area contributed by atoms with E-state index in [2.05, 4.69) is 19.1 Å². The summed E-state index contributed by atoms with van der Waals surface area (Å²) in [6.07, 6.45) is 0. The number of hydrogen-bond acceptors (Lipinski definition) is 2. The summed E-state index contributed by atoms with van der Waals surface area (Å²) < 4.78 is 5.05. The molecule has 0 saturated carbocycles. The zero-order chi connectivity index (χ0) is 8.97. The molecule has 2 N–H and O–H groups in total. The fourth-order valence-corrected chi connectivity index (χ4v) is 1.07. The number of nitrogens with two attached hydrogens (primary N) is 1. The van der Waals surface area contributed by atoms with Crippen molar-refractivity contribution in [3.8, 4) is 5.75 Å². The molecular formula is C10H17Cl2NO. The van der Waals surface area contributed by atoms with Gasteiger partial charge in [-0.3, -0.25) is 0 Å². The van der Waals surface area contributed by atoms with Crippen LogP contribution in [-0.2, 0) is 0 Å². The van der Waals surface area contributed by atoms with Gasteiger partial charge in [0.2, 0.25) is 0 Å². The van der Waals surface area contributed by atoms with Gasteiger partial charge in [0.05, 0.1) is 7.11 Å². The third-order valence-electron chi connectivity index (χ3n) is 2.04. The van der Waals surface area contributed by atoms with Crippen LogP contribution in [-0.4, -0.2) is 13.7 Å². The molecule has 1 rings (SSSR count). The van der Waals surface area contributed by atoms with Crippen LogP contribution in [0, 0.1) is 0 Å². The first-order valence-corrected chi connectivity index (χ1v) is 4.12. The summed E-state index contributed by atoms with van der Waals surface area (Å²) in [7, 11) is 1.67. The maximum atomic E-state index is 5.54. The number of benzene rings is 1. The smallest absolute Gasteiger partial charge is 0.118 e. The summed E-state index contributed by atoms with van der Waals surface area (Å²) in [5, 5.41) is 0. The number of rotatable bonds is 3. The molecule has 0 spiro atoms. The lowest BCUT2D eigenvalue weighted by Crippen LogP contribution is -2.08. The SMILES string of the molecule is COc1ccc(C(C)CN)cc1.Cl.Cl. The Hall–Kier alpha value is -0.440. The summed E-state index contributed by atoms with van der Waals surface area (Å²) >= 11 is 0. The maximum Gasteiger partial charge on any atom is 0.118 e. The largest absolute Gasteiger partial charge is 0.497 e. The van der Waals surface area contributed by atoms with E-state index >= 15 is 0 Å². The van der Waals surface area contributed by atoms with Crippen LogP contribution in [0.1, 0.15) is 18.4 Å².